The molecular formula is C16H18F2N2O. The first kappa shape index (κ1) is 15.4. The van der Waals surface area contributed by atoms with E-state index in [-0.39, 0.29) is 5.56 Å². The number of hydrazine groups is 1. The molecule has 0 fully saturated rings. The lowest BCUT2D eigenvalue weighted by Crippen LogP contribution is -2.31. The topological polar surface area (TPSA) is 47.3 Å². The molecule has 112 valence electrons. The Morgan fingerprint density at radius 1 is 1.14 bits per heavy atom. The summed E-state index contributed by atoms with van der Waals surface area (Å²) in [4.78, 5) is 0. The number of hydrogen-bond donors (Lipinski definition) is 2. The molecule has 1 atom stereocenters. The molecule has 0 aliphatic rings. The molecule has 5 heteroatoms. The van der Waals surface area contributed by atoms with E-state index in [0.29, 0.717) is 24.3 Å². The summed E-state index contributed by atoms with van der Waals surface area (Å²) in [6.07, 6.45) is 0.350. The van der Waals surface area contributed by atoms with Crippen molar-refractivity contribution in [2.24, 2.45) is 5.84 Å². The second kappa shape index (κ2) is 7.15. The van der Waals surface area contributed by atoms with Crippen LogP contribution in [0.4, 0.5) is 8.78 Å². The van der Waals surface area contributed by atoms with Crippen molar-refractivity contribution < 1.29 is 13.5 Å². The molecule has 0 aromatic heterocycles. The van der Waals surface area contributed by atoms with E-state index in [1.165, 1.54) is 12.1 Å². The monoisotopic (exact) mass is 292 g/mol. The van der Waals surface area contributed by atoms with Crippen molar-refractivity contribution >= 4 is 0 Å². The largest absolute Gasteiger partial charge is 0.494 e. The number of ether oxygens (including phenoxy) is 1. The molecule has 21 heavy (non-hydrogen) atoms. The number of benzene rings is 2. The van der Waals surface area contributed by atoms with Crippen LogP contribution in [0.3, 0.4) is 0 Å². The van der Waals surface area contributed by atoms with Gasteiger partial charge in [0.15, 0.2) is 0 Å². The Hall–Kier alpha value is -1.98. The van der Waals surface area contributed by atoms with E-state index in [4.69, 9.17) is 10.6 Å². The molecule has 2 rings (SSSR count). The third-order valence-electron chi connectivity index (χ3n) is 3.29. The zero-order valence-corrected chi connectivity index (χ0v) is 11.8. The van der Waals surface area contributed by atoms with E-state index < -0.39 is 17.7 Å². The maximum atomic E-state index is 14.1. The summed E-state index contributed by atoms with van der Waals surface area (Å²) >= 11 is 0. The van der Waals surface area contributed by atoms with Gasteiger partial charge in [0.05, 0.1) is 12.6 Å². The predicted octanol–water partition coefficient (Wildman–Crippen LogP) is 3.25. The number of nitrogens with two attached hydrogens (primary N) is 1. The molecular weight excluding hydrogens is 274 g/mol. The van der Waals surface area contributed by atoms with Crippen LogP contribution in [0.15, 0.2) is 42.5 Å². The van der Waals surface area contributed by atoms with Crippen LogP contribution in [0.2, 0.25) is 0 Å². The molecule has 0 aliphatic heterocycles. The third-order valence-corrected chi connectivity index (χ3v) is 3.29. The van der Waals surface area contributed by atoms with Gasteiger partial charge in [-0.3, -0.25) is 11.3 Å². The Kier molecular flexibility index (Phi) is 5.25. The fraction of sp³-hybridized carbons (Fsp3) is 0.250. The first-order valence-corrected chi connectivity index (χ1v) is 6.72. The molecule has 0 spiro atoms. The minimum Gasteiger partial charge on any atom is -0.494 e. The van der Waals surface area contributed by atoms with Crippen LogP contribution in [0.5, 0.6) is 5.75 Å². The Morgan fingerprint density at radius 2 is 1.86 bits per heavy atom. The average Bonchev–Trinajstić information content (AvgIpc) is 2.50. The van der Waals surface area contributed by atoms with Gasteiger partial charge in [0.25, 0.3) is 0 Å². The summed E-state index contributed by atoms with van der Waals surface area (Å²) in [7, 11) is 0. The summed E-state index contributed by atoms with van der Waals surface area (Å²) in [5.41, 5.74) is 2.79. The van der Waals surface area contributed by atoms with Crippen molar-refractivity contribution in [3.8, 4) is 5.75 Å². The van der Waals surface area contributed by atoms with Crippen LogP contribution in [0.25, 0.3) is 0 Å². The highest BCUT2D eigenvalue weighted by atomic mass is 19.1. The Morgan fingerprint density at radius 3 is 2.52 bits per heavy atom. The molecule has 0 saturated heterocycles. The van der Waals surface area contributed by atoms with Gasteiger partial charge in [-0.2, -0.15) is 0 Å². The first-order valence-electron chi connectivity index (χ1n) is 6.72. The van der Waals surface area contributed by atoms with Gasteiger partial charge in [-0.1, -0.05) is 24.3 Å². The number of hydrogen-bond acceptors (Lipinski definition) is 3. The van der Waals surface area contributed by atoms with Gasteiger partial charge >= 0.3 is 0 Å². The second-order valence-electron chi connectivity index (χ2n) is 4.76. The predicted molar refractivity (Wildman–Crippen MR) is 77.7 cm³/mol. The molecule has 0 heterocycles. The quantitative estimate of drug-likeness (QED) is 0.634. The van der Waals surface area contributed by atoms with Crippen molar-refractivity contribution in [1.82, 2.24) is 5.43 Å². The summed E-state index contributed by atoms with van der Waals surface area (Å²) in [6.45, 7) is 1.89. The molecule has 0 amide bonds. The highest BCUT2D eigenvalue weighted by Crippen LogP contribution is 2.25. The highest BCUT2D eigenvalue weighted by Gasteiger charge is 2.20. The van der Waals surface area contributed by atoms with Gasteiger partial charge in [-0.05, 0) is 30.7 Å². The standard InChI is InChI=1S/C16H18F2N2O/c1-11-7-8-13(17)15(16(11)18)14(20-19)9-10-21-12-5-3-2-4-6-12/h2-8,14,20H,9-10,19H2,1H3. The second-order valence-corrected chi connectivity index (χ2v) is 4.76. The van der Waals surface area contributed by atoms with Crippen LogP contribution in [0.1, 0.15) is 23.6 Å². The zero-order valence-electron chi connectivity index (χ0n) is 11.8. The molecule has 3 N–H and O–H groups in total. The lowest BCUT2D eigenvalue weighted by Gasteiger charge is -2.19. The Bertz CT molecular complexity index is 590. The fourth-order valence-corrected chi connectivity index (χ4v) is 2.12. The molecule has 0 radical (unpaired) electrons. The smallest absolute Gasteiger partial charge is 0.133 e. The van der Waals surface area contributed by atoms with Gasteiger partial charge in [0.1, 0.15) is 17.4 Å². The lowest BCUT2D eigenvalue weighted by atomic mass is 10.0. The van der Waals surface area contributed by atoms with E-state index in [0.717, 1.165) is 0 Å². The van der Waals surface area contributed by atoms with E-state index in [1.807, 2.05) is 30.3 Å². The van der Waals surface area contributed by atoms with E-state index in [2.05, 4.69) is 5.43 Å². The van der Waals surface area contributed by atoms with Crippen molar-refractivity contribution in [3.63, 3.8) is 0 Å². The van der Waals surface area contributed by atoms with Gasteiger partial charge in [0, 0.05) is 12.0 Å². The van der Waals surface area contributed by atoms with Crippen LogP contribution in [-0.2, 0) is 0 Å². The van der Waals surface area contributed by atoms with Crippen molar-refractivity contribution in [2.75, 3.05) is 6.61 Å². The molecule has 0 bridgehead atoms. The van der Waals surface area contributed by atoms with Crippen molar-refractivity contribution in [2.45, 2.75) is 19.4 Å². The summed E-state index contributed by atoms with van der Waals surface area (Å²) in [5.74, 6) is 4.96. The first-order chi connectivity index (χ1) is 10.1. The maximum Gasteiger partial charge on any atom is 0.133 e. The Balaban J connectivity index is 2.05. The summed E-state index contributed by atoms with van der Waals surface area (Å²) in [5, 5.41) is 0. The van der Waals surface area contributed by atoms with Gasteiger partial charge < -0.3 is 4.74 Å². The van der Waals surface area contributed by atoms with E-state index in [1.54, 1.807) is 6.92 Å². The number of rotatable bonds is 6. The molecule has 2 aromatic carbocycles. The number of halogens is 2. The Labute approximate surface area is 122 Å². The van der Waals surface area contributed by atoms with Gasteiger partial charge in [0.2, 0.25) is 0 Å². The summed E-state index contributed by atoms with van der Waals surface area (Å²) < 4.78 is 33.4. The van der Waals surface area contributed by atoms with Crippen molar-refractivity contribution in [3.05, 3.63) is 65.2 Å². The van der Waals surface area contributed by atoms with Crippen LogP contribution >= 0.6 is 0 Å². The van der Waals surface area contributed by atoms with Gasteiger partial charge in [-0.25, -0.2) is 8.78 Å². The number of aryl methyl sites for hydroxylation is 1. The van der Waals surface area contributed by atoms with E-state index >= 15 is 0 Å². The zero-order chi connectivity index (χ0) is 15.2. The van der Waals surface area contributed by atoms with Crippen molar-refractivity contribution in [1.29, 1.82) is 0 Å². The van der Waals surface area contributed by atoms with Gasteiger partial charge in [-0.15, -0.1) is 0 Å². The highest BCUT2D eigenvalue weighted by molar-refractivity contribution is 5.29. The molecule has 1 unspecified atom stereocenters. The van der Waals surface area contributed by atoms with E-state index in [9.17, 15) is 8.78 Å². The SMILES string of the molecule is Cc1ccc(F)c(C(CCOc2ccccc2)NN)c1F. The minimum absolute atomic E-state index is 0.0471. The average molecular weight is 292 g/mol. The number of nitrogens with one attached hydrogen (secondary N) is 1. The van der Waals surface area contributed by atoms with Crippen LogP contribution in [0, 0.1) is 18.6 Å². The third kappa shape index (κ3) is 3.77. The molecule has 3 nitrogen and oxygen atoms in total. The maximum absolute atomic E-state index is 14.1. The fourth-order valence-electron chi connectivity index (χ4n) is 2.12. The van der Waals surface area contributed by atoms with Crippen LogP contribution in [-0.4, -0.2) is 6.61 Å². The lowest BCUT2D eigenvalue weighted by molar-refractivity contribution is 0.283. The van der Waals surface area contributed by atoms with Crippen LogP contribution < -0.4 is 16.0 Å². The molecule has 0 saturated carbocycles. The number of para-hydroxylation sites is 1. The molecule has 0 aliphatic carbocycles. The summed E-state index contributed by atoms with van der Waals surface area (Å²) in [6, 6.07) is 11.2. The molecule has 2 aromatic rings. The normalized spacial score (nSPS) is 12.2. The minimum atomic E-state index is -0.645.